The van der Waals surface area contributed by atoms with Crippen molar-refractivity contribution in [1.82, 2.24) is 4.90 Å². The minimum Gasteiger partial charge on any atom is -0.444 e. The van der Waals surface area contributed by atoms with Gasteiger partial charge in [0.15, 0.2) is 0 Å². The Hall–Kier alpha value is -0.730. The van der Waals surface area contributed by atoms with Gasteiger partial charge in [0.25, 0.3) is 0 Å². The van der Waals surface area contributed by atoms with E-state index < -0.39 is 0 Å². The van der Waals surface area contributed by atoms with Crippen LogP contribution < -0.4 is 0 Å². The van der Waals surface area contributed by atoms with E-state index in [-0.39, 0.29) is 11.7 Å². The molecule has 1 unspecified atom stereocenters. The minimum atomic E-state index is -0.389. The van der Waals surface area contributed by atoms with Crippen LogP contribution in [0, 0.1) is 12.8 Å². The lowest BCUT2D eigenvalue weighted by Gasteiger charge is -2.24. The average Bonchev–Trinajstić information content (AvgIpc) is 2.48. The predicted molar refractivity (Wildman–Crippen MR) is 55.9 cm³/mol. The van der Waals surface area contributed by atoms with Crippen LogP contribution >= 0.6 is 0 Å². The molecule has 0 aromatic rings. The first kappa shape index (κ1) is 11.3. The fourth-order valence-electron chi connectivity index (χ4n) is 1.56. The maximum atomic E-state index is 11.6. The van der Waals surface area contributed by atoms with E-state index in [1.165, 1.54) is 0 Å². The lowest BCUT2D eigenvalue weighted by atomic mass is 10.1. The summed E-state index contributed by atoms with van der Waals surface area (Å²) in [7, 11) is 0. The molecule has 0 aromatic carbocycles. The number of carbonyl (C=O) groups excluding carboxylic acids is 1. The van der Waals surface area contributed by atoms with Gasteiger partial charge in [0.05, 0.1) is 0 Å². The van der Waals surface area contributed by atoms with Gasteiger partial charge < -0.3 is 9.64 Å². The molecule has 0 bridgehead atoms. The second-order valence-electron chi connectivity index (χ2n) is 4.87. The number of rotatable bonds is 1. The van der Waals surface area contributed by atoms with E-state index in [0.29, 0.717) is 5.92 Å². The molecule has 0 saturated carbocycles. The zero-order valence-corrected chi connectivity index (χ0v) is 9.38. The van der Waals surface area contributed by atoms with Crippen molar-refractivity contribution in [1.29, 1.82) is 0 Å². The molecule has 3 heteroatoms. The molecule has 1 aliphatic heterocycles. The van der Waals surface area contributed by atoms with Crippen molar-refractivity contribution in [3.63, 3.8) is 0 Å². The molecule has 0 N–H and O–H groups in total. The molecule has 3 nitrogen and oxygen atoms in total. The van der Waals surface area contributed by atoms with Crippen molar-refractivity contribution in [3.05, 3.63) is 6.92 Å². The van der Waals surface area contributed by atoms with Crippen molar-refractivity contribution < 1.29 is 9.53 Å². The van der Waals surface area contributed by atoms with Gasteiger partial charge >= 0.3 is 6.09 Å². The number of nitrogens with zero attached hydrogens (tertiary/aromatic N) is 1. The summed E-state index contributed by atoms with van der Waals surface area (Å²) in [4.78, 5) is 13.4. The van der Waals surface area contributed by atoms with Crippen LogP contribution in [0.3, 0.4) is 0 Å². The summed E-state index contributed by atoms with van der Waals surface area (Å²) in [5, 5.41) is 0. The van der Waals surface area contributed by atoms with E-state index in [1.54, 1.807) is 4.90 Å². The summed E-state index contributed by atoms with van der Waals surface area (Å²) in [6, 6.07) is 0. The van der Waals surface area contributed by atoms with Crippen LogP contribution in [0.25, 0.3) is 0 Å². The van der Waals surface area contributed by atoms with Crippen molar-refractivity contribution in [2.24, 2.45) is 5.92 Å². The summed E-state index contributed by atoms with van der Waals surface area (Å²) >= 11 is 0. The highest BCUT2D eigenvalue weighted by Gasteiger charge is 2.28. The molecule has 1 radical (unpaired) electrons. The molecular formula is C11H20NO2. The van der Waals surface area contributed by atoms with E-state index in [2.05, 4.69) is 6.92 Å². The van der Waals surface area contributed by atoms with Crippen molar-refractivity contribution >= 4 is 6.09 Å². The van der Waals surface area contributed by atoms with E-state index in [4.69, 9.17) is 4.74 Å². The molecule has 1 rings (SSSR count). The third-order valence-electron chi connectivity index (χ3n) is 2.35. The second kappa shape index (κ2) is 4.20. The molecule has 1 heterocycles. The monoisotopic (exact) mass is 198 g/mol. The minimum absolute atomic E-state index is 0.187. The number of hydrogen-bond acceptors (Lipinski definition) is 2. The SMILES string of the molecule is [CH2]CC1CCN(C(=O)OC(C)(C)C)C1. The van der Waals surface area contributed by atoms with Crippen LogP contribution in [0.2, 0.25) is 0 Å². The Kier molecular flexibility index (Phi) is 3.40. The third-order valence-corrected chi connectivity index (χ3v) is 2.35. The molecule has 1 amide bonds. The first-order chi connectivity index (χ1) is 6.42. The average molecular weight is 198 g/mol. The quantitative estimate of drug-likeness (QED) is 0.647. The van der Waals surface area contributed by atoms with Gasteiger partial charge in [0.2, 0.25) is 0 Å². The zero-order chi connectivity index (χ0) is 10.8. The van der Waals surface area contributed by atoms with Gasteiger partial charge in [-0.05, 0) is 39.5 Å². The maximum Gasteiger partial charge on any atom is 0.410 e. The number of likely N-dealkylation sites (tertiary alicyclic amines) is 1. The highest BCUT2D eigenvalue weighted by molar-refractivity contribution is 5.68. The lowest BCUT2D eigenvalue weighted by molar-refractivity contribution is 0.0288. The lowest BCUT2D eigenvalue weighted by Crippen LogP contribution is -2.35. The van der Waals surface area contributed by atoms with E-state index >= 15 is 0 Å². The maximum absolute atomic E-state index is 11.6. The molecular weight excluding hydrogens is 178 g/mol. The first-order valence-corrected chi connectivity index (χ1v) is 5.19. The molecule has 0 aliphatic carbocycles. The van der Waals surface area contributed by atoms with Crippen LogP contribution in [0.4, 0.5) is 4.79 Å². The molecule has 1 aliphatic rings. The highest BCUT2D eigenvalue weighted by atomic mass is 16.6. The Labute approximate surface area is 86.4 Å². The van der Waals surface area contributed by atoms with Crippen LogP contribution in [0.5, 0.6) is 0 Å². The number of hydrogen-bond donors (Lipinski definition) is 0. The number of amides is 1. The molecule has 0 spiro atoms. The van der Waals surface area contributed by atoms with Gasteiger partial charge in [-0.15, -0.1) is 0 Å². The Bertz CT molecular complexity index is 208. The normalized spacial score (nSPS) is 22.6. The van der Waals surface area contributed by atoms with Crippen molar-refractivity contribution in [2.75, 3.05) is 13.1 Å². The standard InChI is InChI=1S/C11H20NO2/c1-5-9-6-7-12(8-9)10(13)14-11(2,3)4/h9H,1,5-8H2,2-4H3. The topological polar surface area (TPSA) is 29.5 Å². The number of ether oxygens (including phenoxy) is 1. The molecule has 1 fully saturated rings. The van der Waals surface area contributed by atoms with Gasteiger partial charge in [0, 0.05) is 13.1 Å². The van der Waals surface area contributed by atoms with Crippen LogP contribution in [0.15, 0.2) is 0 Å². The molecule has 0 aromatic heterocycles. The van der Waals surface area contributed by atoms with Crippen LogP contribution in [-0.4, -0.2) is 29.7 Å². The number of carbonyl (C=O) groups is 1. The fourth-order valence-corrected chi connectivity index (χ4v) is 1.56. The summed E-state index contributed by atoms with van der Waals surface area (Å²) in [6.07, 6.45) is 1.77. The Balaban J connectivity index is 2.40. The van der Waals surface area contributed by atoms with Crippen LogP contribution in [-0.2, 0) is 4.74 Å². The second-order valence-corrected chi connectivity index (χ2v) is 4.87. The summed E-state index contributed by atoms with van der Waals surface area (Å²) in [5.74, 6) is 0.558. The Morgan fingerprint density at radius 3 is 2.64 bits per heavy atom. The van der Waals surface area contributed by atoms with Gasteiger partial charge in [-0.3, -0.25) is 0 Å². The van der Waals surface area contributed by atoms with Crippen molar-refractivity contribution in [2.45, 2.75) is 39.2 Å². The molecule has 1 saturated heterocycles. The molecule has 81 valence electrons. The summed E-state index contributed by atoms with van der Waals surface area (Å²) in [5.41, 5.74) is -0.389. The Morgan fingerprint density at radius 2 is 2.21 bits per heavy atom. The Morgan fingerprint density at radius 1 is 1.57 bits per heavy atom. The van der Waals surface area contributed by atoms with Gasteiger partial charge in [-0.25, -0.2) is 4.79 Å². The van der Waals surface area contributed by atoms with Gasteiger partial charge in [0.1, 0.15) is 5.60 Å². The van der Waals surface area contributed by atoms with Crippen LogP contribution in [0.1, 0.15) is 33.6 Å². The summed E-state index contributed by atoms with van der Waals surface area (Å²) < 4.78 is 5.28. The van der Waals surface area contributed by atoms with Crippen molar-refractivity contribution in [3.8, 4) is 0 Å². The highest BCUT2D eigenvalue weighted by Crippen LogP contribution is 2.21. The molecule has 1 atom stereocenters. The van der Waals surface area contributed by atoms with Gasteiger partial charge in [-0.1, -0.05) is 6.92 Å². The largest absolute Gasteiger partial charge is 0.444 e. The van der Waals surface area contributed by atoms with E-state index in [1.807, 2.05) is 20.8 Å². The third kappa shape index (κ3) is 3.20. The molecule has 14 heavy (non-hydrogen) atoms. The fraction of sp³-hybridized carbons (Fsp3) is 0.818. The first-order valence-electron chi connectivity index (χ1n) is 5.19. The van der Waals surface area contributed by atoms with Gasteiger partial charge in [-0.2, -0.15) is 0 Å². The van der Waals surface area contributed by atoms with E-state index in [0.717, 1.165) is 25.9 Å². The smallest absolute Gasteiger partial charge is 0.410 e. The summed E-state index contributed by atoms with van der Waals surface area (Å²) in [6.45, 7) is 11.1. The predicted octanol–water partition coefficient (Wildman–Crippen LogP) is 2.47. The van der Waals surface area contributed by atoms with E-state index in [9.17, 15) is 4.79 Å². The zero-order valence-electron chi connectivity index (χ0n) is 9.38.